The summed E-state index contributed by atoms with van der Waals surface area (Å²) < 4.78 is 4.97. The van der Waals surface area contributed by atoms with E-state index in [1.54, 1.807) is 24.3 Å². The monoisotopic (exact) mass is 560 g/mol. The predicted molar refractivity (Wildman–Crippen MR) is 116 cm³/mol. The van der Waals surface area contributed by atoms with Crippen molar-refractivity contribution < 1.29 is 23.9 Å². The third kappa shape index (κ3) is 3.80. The number of fused-ring (bicyclic) bond motifs is 5. The minimum absolute atomic E-state index is 0.0328. The zero-order chi connectivity index (χ0) is 21.6. The van der Waals surface area contributed by atoms with E-state index in [4.69, 9.17) is 16.3 Å². The summed E-state index contributed by atoms with van der Waals surface area (Å²) in [7, 11) is 0. The van der Waals surface area contributed by atoms with Crippen molar-refractivity contribution in [2.75, 3.05) is 18.5 Å². The van der Waals surface area contributed by atoms with E-state index in [-0.39, 0.29) is 58.1 Å². The number of carbonyl (C=O) groups is 4. The molecule has 0 unspecified atom stereocenters. The molecule has 7 nitrogen and oxygen atoms in total. The average molecular weight is 563 g/mol. The summed E-state index contributed by atoms with van der Waals surface area (Å²) in [5.41, 5.74) is 0.421. The number of halogens is 3. The van der Waals surface area contributed by atoms with Gasteiger partial charge in [-0.1, -0.05) is 55.6 Å². The average Bonchev–Trinajstić information content (AvgIpc) is 3.32. The number of nitrogens with one attached hydrogen (secondary N) is 1. The van der Waals surface area contributed by atoms with Crippen LogP contribution in [0.1, 0.15) is 12.8 Å². The number of alkyl halides is 2. The maximum atomic E-state index is 12.8. The highest BCUT2D eigenvalue weighted by Crippen LogP contribution is 2.60. The highest BCUT2D eigenvalue weighted by molar-refractivity contribution is 9.12. The summed E-state index contributed by atoms with van der Waals surface area (Å²) >= 11 is 13.2. The quantitative estimate of drug-likeness (QED) is 0.327. The summed E-state index contributed by atoms with van der Waals surface area (Å²) in [6.07, 6.45) is 0.705. The van der Waals surface area contributed by atoms with Crippen LogP contribution in [0, 0.1) is 23.7 Å². The van der Waals surface area contributed by atoms with Crippen LogP contribution < -0.4 is 5.32 Å². The van der Waals surface area contributed by atoms with E-state index in [1.807, 2.05) is 0 Å². The first-order valence-electron chi connectivity index (χ1n) is 9.63. The van der Waals surface area contributed by atoms with Gasteiger partial charge in [0.1, 0.15) is 0 Å². The molecule has 1 N–H and O–H groups in total. The van der Waals surface area contributed by atoms with Crippen LogP contribution in [0.5, 0.6) is 0 Å². The number of carbonyl (C=O) groups excluding carboxylic acids is 4. The van der Waals surface area contributed by atoms with Gasteiger partial charge in [0.15, 0.2) is 6.61 Å². The molecular formula is C20H19Br2ClN2O5. The van der Waals surface area contributed by atoms with Crippen molar-refractivity contribution in [2.24, 2.45) is 23.7 Å². The number of amides is 3. The van der Waals surface area contributed by atoms with Crippen LogP contribution in [0.3, 0.4) is 0 Å². The van der Waals surface area contributed by atoms with Gasteiger partial charge in [0.25, 0.3) is 5.91 Å². The first-order valence-corrected chi connectivity index (χ1v) is 11.8. The molecule has 1 saturated heterocycles. The maximum absolute atomic E-state index is 12.8. The molecular weight excluding hydrogens is 543 g/mol. The first-order chi connectivity index (χ1) is 14.3. The topological polar surface area (TPSA) is 92.8 Å². The van der Waals surface area contributed by atoms with Crippen molar-refractivity contribution in [1.82, 2.24) is 4.90 Å². The predicted octanol–water partition coefficient (Wildman–Crippen LogP) is 2.99. The molecule has 2 aliphatic carbocycles. The van der Waals surface area contributed by atoms with Gasteiger partial charge in [-0.2, -0.15) is 0 Å². The standard InChI is InChI=1S/C20H19Br2ClN2O5/c21-17-9-7-10(18(17)22)16-15(9)19(28)25(20(16)29)6-5-14(27)30-8-13(26)24-12-4-2-1-3-11(12)23/h1-4,9-10,15-18H,5-8H2,(H,24,26)/t9-,10-,15-,16-,17-,18+/m1/s1. The van der Waals surface area contributed by atoms with Crippen LogP contribution in [0.25, 0.3) is 0 Å². The molecule has 1 aliphatic heterocycles. The second-order valence-electron chi connectivity index (χ2n) is 7.77. The van der Waals surface area contributed by atoms with Crippen molar-refractivity contribution in [1.29, 1.82) is 0 Å². The second-order valence-corrected chi connectivity index (χ2v) is 10.3. The number of imide groups is 1. The molecule has 1 heterocycles. The van der Waals surface area contributed by atoms with Crippen LogP contribution in [0.15, 0.2) is 24.3 Å². The molecule has 3 fully saturated rings. The number of nitrogens with zero attached hydrogens (tertiary/aromatic N) is 1. The molecule has 10 heteroatoms. The third-order valence-corrected chi connectivity index (χ3v) is 9.67. The van der Waals surface area contributed by atoms with E-state index in [9.17, 15) is 19.2 Å². The Morgan fingerprint density at radius 1 is 1.10 bits per heavy atom. The summed E-state index contributed by atoms with van der Waals surface area (Å²) in [5.74, 6) is -1.94. The number of hydrogen-bond acceptors (Lipinski definition) is 5. The number of ether oxygens (including phenoxy) is 1. The molecule has 0 aromatic heterocycles. The lowest BCUT2D eigenvalue weighted by Crippen LogP contribution is -2.37. The van der Waals surface area contributed by atoms with Crippen molar-refractivity contribution in [3.63, 3.8) is 0 Å². The molecule has 1 aromatic rings. The van der Waals surface area contributed by atoms with Crippen molar-refractivity contribution in [3.05, 3.63) is 29.3 Å². The van der Waals surface area contributed by atoms with E-state index < -0.39 is 18.5 Å². The number of anilines is 1. The van der Waals surface area contributed by atoms with Crippen molar-refractivity contribution in [3.8, 4) is 0 Å². The Labute approximate surface area is 195 Å². The maximum Gasteiger partial charge on any atom is 0.308 e. The highest BCUT2D eigenvalue weighted by Gasteiger charge is 2.66. The number of esters is 1. The van der Waals surface area contributed by atoms with Crippen LogP contribution in [0.2, 0.25) is 5.02 Å². The summed E-state index contributed by atoms with van der Waals surface area (Å²) in [6, 6.07) is 6.71. The Balaban J connectivity index is 1.27. The molecule has 3 amide bonds. The minimum Gasteiger partial charge on any atom is -0.456 e. The largest absolute Gasteiger partial charge is 0.456 e. The van der Waals surface area contributed by atoms with E-state index >= 15 is 0 Å². The van der Waals surface area contributed by atoms with Gasteiger partial charge >= 0.3 is 5.97 Å². The smallest absolute Gasteiger partial charge is 0.308 e. The number of para-hydroxylation sites is 1. The fourth-order valence-electron chi connectivity index (χ4n) is 4.80. The van der Waals surface area contributed by atoms with Gasteiger partial charge in [-0.25, -0.2) is 0 Å². The van der Waals surface area contributed by atoms with Crippen LogP contribution in [0.4, 0.5) is 5.69 Å². The Morgan fingerprint density at radius 2 is 1.70 bits per heavy atom. The van der Waals surface area contributed by atoms with E-state index in [0.717, 1.165) is 6.42 Å². The van der Waals surface area contributed by atoms with Gasteiger partial charge in [0.2, 0.25) is 11.8 Å². The lowest BCUT2D eigenvalue weighted by Gasteiger charge is -2.28. The van der Waals surface area contributed by atoms with Crippen LogP contribution in [-0.4, -0.2) is 51.4 Å². The van der Waals surface area contributed by atoms with Gasteiger partial charge in [0, 0.05) is 16.2 Å². The Hall–Kier alpha value is -1.45. The normalized spacial score (nSPS) is 31.8. The number of rotatable bonds is 6. The molecule has 3 aliphatic rings. The van der Waals surface area contributed by atoms with Crippen LogP contribution in [-0.2, 0) is 23.9 Å². The van der Waals surface area contributed by atoms with Crippen molar-refractivity contribution in [2.45, 2.75) is 22.5 Å². The lowest BCUT2D eigenvalue weighted by molar-refractivity contribution is -0.149. The molecule has 2 bridgehead atoms. The highest BCUT2D eigenvalue weighted by atomic mass is 79.9. The molecule has 0 radical (unpaired) electrons. The SMILES string of the molecule is O=C(COC(=O)CCN1C(=O)[C@@H]2[C@H]3C[C@@H]([C@@H](Br)[C@H]3Br)[C@H]2C1=O)Nc1ccccc1Cl. The van der Waals surface area contributed by atoms with Gasteiger partial charge in [-0.05, 0) is 30.4 Å². The zero-order valence-corrected chi connectivity index (χ0v) is 19.7. The lowest BCUT2D eigenvalue weighted by atomic mass is 9.81. The summed E-state index contributed by atoms with van der Waals surface area (Å²) in [5, 5.41) is 2.93. The first kappa shape index (κ1) is 21.8. The van der Waals surface area contributed by atoms with Gasteiger partial charge in [0.05, 0.1) is 29.0 Å². The number of likely N-dealkylation sites (tertiary alicyclic amines) is 1. The van der Waals surface area contributed by atoms with E-state index in [2.05, 4.69) is 37.2 Å². The summed E-state index contributed by atoms with van der Waals surface area (Å²) in [6.45, 7) is -0.507. The zero-order valence-electron chi connectivity index (χ0n) is 15.7. The Bertz CT molecular complexity index is 881. The molecule has 1 aromatic carbocycles. The molecule has 4 rings (SSSR count). The number of hydrogen-bond donors (Lipinski definition) is 1. The van der Waals surface area contributed by atoms with Gasteiger partial charge in [-0.3, -0.25) is 24.1 Å². The van der Waals surface area contributed by atoms with Gasteiger partial charge in [-0.15, -0.1) is 0 Å². The Kier molecular flexibility index (Phi) is 6.23. The van der Waals surface area contributed by atoms with E-state index in [0.29, 0.717) is 10.7 Å². The minimum atomic E-state index is -0.651. The van der Waals surface area contributed by atoms with Crippen LogP contribution >= 0.6 is 43.5 Å². The Morgan fingerprint density at radius 3 is 2.30 bits per heavy atom. The van der Waals surface area contributed by atoms with Crippen molar-refractivity contribution >= 4 is 72.8 Å². The fraction of sp³-hybridized carbons (Fsp3) is 0.500. The molecule has 160 valence electrons. The van der Waals surface area contributed by atoms with E-state index in [1.165, 1.54) is 4.90 Å². The molecule has 2 saturated carbocycles. The summed E-state index contributed by atoms with van der Waals surface area (Å²) in [4.78, 5) is 51.1. The number of benzene rings is 1. The fourth-order valence-corrected chi connectivity index (χ4v) is 6.86. The van der Waals surface area contributed by atoms with Gasteiger partial charge < -0.3 is 10.1 Å². The molecule has 6 atom stereocenters. The second kappa shape index (κ2) is 8.59. The third-order valence-electron chi connectivity index (χ3n) is 6.13. The molecule has 30 heavy (non-hydrogen) atoms. The molecule has 0 spiro atoms.